The van der Waals surface area contributed by atoms with Crippen LogP contribution >= 0.6 is 0 Å². The molecule has 10 heteroatoms. The number of carboxylic acids is 1. The van der Waals surface area contributed by atoms with Crippen LogP contribution in [0.15, 0.2) is 55.0 Å². The molecule has 1 aliphatic rings. The number of benzene rings is 1. The van der Waals surface area contributed by atoms with Gasteiger partial charge in [-0.2, -0.15) is 8.78 Å². The SMILES string of the molecule is Cc1nc2ccc(-c3cnc(N4CCCC(C(=O)O)C4)nc3)cn2c1Cc1ccccc1OC(F)F. The van der Waals surface area contributed by atoms with Crippen LogP contribution in [0.2, 0.25) is 0 Å². The predicted octanol–water partition coefficient (Wildman–Crippen LogP) is 4.59. The fourth-order valence-corrected chi connectivity index (χ4v) is 4.63. The third-order valence-corrected chi connectivity index (χ3v) is 6.49. The lowest BCUT2D eigenvalue weighted by atomic mass is 9.99. The van der Waals surface area contributed by atoms with Crippen molar-refractivity contribution >= 4 is 17.6 Å². The largest absolute Gasteiger partial charge is 0.481 e. The van der Waals surface area contributed by atoms with Crippen molar-refractivity contribution in [2.45, 2.75) is 32.8 Å². The fraction of sp³-hybridized carbons (Fsp3) is 0.308. The molecule has 186 valence electrons. The van der Waals surface area contributed by atoms with Gasteiger partial charge < -0.3 is 19.1 Å². The Morgan fingerprint density at radius 2 is 1.94 bits per heavy atom. The molecule has 8 nitrogen and oxygen atoms in total. The summed E-state index contributed by atoms with van der Waals surface area (Å²) in [5.74, 6) is -0.548. The molecule has 36 heavy (non-hydrogen) atoms. The van der Waals surface area contributed by atoms with E-state index in [0.29, 0.717) is 30.9 Å². The Kier molecular flexibility index (Phi) is 6.49. The summed E-state index contributed by atoms with van der Waals surface area (Å²) in [4.78, 5) is 26.9. The summed E-state index contributed by atoms with van der Waals surface area (Å²) in [5.41, 5.74) is 4.70. The summed E-state index contributed by atoms with van der Waals surface area (Å²) in [6.07, 6.45) is 7.20. The number of aryl methyl sites for hydroxylation is 1. The second-order valence-electron chi connectivity index (χ2n) is 8.85. The van der Waals surface area contributed by atoms with E-state index in [0.717, 1.165) is 41.1 Å². The maximum Gasteiger partial charge on any atom is 0.387 e. The number of halogens is 2. The molecule has 5 rings (SSSR count). The molecule has 1 atom stereocenters. The van der Waals surface area contributed by atoms with E-state index in [1.165, 1.54) is 6.07 Å². The topological polar surface area (TPSA) is 92.9 Å². The van der Waals surface area contributed by atoms with E-state index in [4.69, 9.17) is 4.74 Å². The first-order valence-electron chi connectivity index (χ1n) is 11.7. The molecule has 4 aromatic rings. The van der Waals surface area contributed by atoms with Crippen LogP contribution in [0, 0.1) is 12.8 Å². The normalized spacial score (nSPS) is 16.0. The number of anilines is 1. The van der Waals surface area contributed by atoms with E-state index in [-0.39, 0.29) is 5.75 Å². The number of hydrogen-bond donors (Lipinski definition) is 1. The van der Waals surface area contributed by atoms with E-state index >= 15 is 0 Å². The first-order chi connectivity index (χ1) is 17.4. The minimum Gasteiger partial charge on any atom is -0.481 e. The van der Waals surface area contributed by atoms with Gasteiger partial charge in [-0.15, -0.1) is 0 Å². The van der Waals surface area contributed by atoms with Gasteiger partial charge in [0.1, 0.15) is 11.4 Å². The molecule has 0 saturated carbocycles. The Bertz CT molecular complexity index is 1390. The Labute approximate surface area is 206 Å². The van der Waals surface area contributed by atoms with Crippen molar-refractivity contribution in [2.24, 2.45) is 5.92 Å². The lowest BCUT2D eigenvalue weighted by Crippen LogP contribution is -2.39. The molecule has 0 radical (unpaired) electrons. The standard InChI is InChI=1S/C26H25F2N5O3/c1-16-21(11-17-5-2-3-7-22(17)36-25(27)28)33-15-18(8-9-23(33)31-16)20-12-29-26(30-13-20)32-10-4-6-19(14-32)24(34)35/h2-3,5,7-9,12-13,15,19,25H,4,6,10-11,14H2,1H3,(H,34,35). The number of para-hydroxylation sites is 1. The van der Waals surface area contributed by atoms with Gasteiger partial charge in [0.05, 0.1) is 11.6 Å². The summed E-state index contributed by atoms with van der Waals surface area (Å²) in [6, 6.07) is 10.6. The van der Waals surface area contributed by atoms with E-state index in [1.807, 2.05) is 34.6 Å². The van der Waals surface area contributed by atoms with Gasteiger partial charge in [0.25, 0.3) is 0 Å². The number of nitrogens with zero attached hydrogens (tertiary/aromatic N) is 5. The molecule has 1 saturated heterocycles. The van der Waals surface area contributed by atoms with Crippen LogP contribution in [0.5, 0.6) is 5.75 Å². The number of carboxylic acid groups (broad SMARTS) is 1. The van der Waals surface area contributed by atoms with Gasteiger partial charge in [0.2, 0.25) is 5.95 Å². The number of aromatic nitrogens is 4. The van der Waals surface area contributed by atoms with Crippen molar-refractivity contribution in [1.82, 2.24) is 19.4 Å². The molecule has 0 spiro atoms. The fourth-order valence-electron chi connectivity index (χ4n) is 4.63. The van der Waals surface area contributed by atoms with E-state index in [2.05, 4.69) is 15.0 Å². The summed E-state index contributed by atoms with van der Waals surface area (Å²) in [6.45, 7) is 0.113. The number of pyridine rings is 1. The van der Waals surface area contributed by atoms with Crippen molar-refractivity contribution in [3.05, 3.63) is 71.9 Å². The zero-order valence-corrected chi connectivity index (χ0v) is 19.6. The third kappa shape index (κ3) is 4.84. The first-order valence-corrected chi connectivity index (χ1v) is 11.7. The van der Waals surface area contributed by atoms with Gasteiger partial charge >= 0.3 is 12.6 Å². The molecule has 1 aromatic carbocycles. The number of imidazole rings is 1. The maximum atomic E-state index is 12.9. The molecular formula is C26H25F2N5O3. The van der Waals surface area contributed by atoms with E-state index in [1.54, 1.807) is 30.6 Å². The van der Waals surface area contributed by atoms with Gasteiger partial charge in [-0.3, -0.25) is 4.79 Å². The lowest BCUT2D eigenvalue weighted by molar-refractivity contribution is -0.141. The van der Waals surface area contributed by atoms with E-state index < -0.39 is 18.5 Å². The Hall–Kier alpha value is -4.08. The summed E-state index contributed by atoms with van der Waals surface area (Å²) in [5, 5.41) is 9.34. The number of piperidine rings is 1. The number of hydrogen-bond acceptors (Lipinski definition) is 6. The molecular weight excluding hydrogens is 468 g/mol. The molecule has 1 fully saturated rings. The highest BCUT2D eigenvalue weighted by Crippen LogP contribution is 2.27. The minimum atomic E-state index is -2.90. The quantitative estimate of drug-likeness (QED) is 0.402. The van der Waals surface area contributed by atoms with Crippen molar-refractivity contribution in [3.63, 3.8) is 0 Å². The number of fused-ring (bicyclic) bond motifs is 1. The highest BCUT2D eigenvalue weighted by atomic mass is 19.3. The summed E-state index contributed by atoms with van der Waals surface area (Å²) >= 11 is 0. The summed E-state index contributed by atoms with van der Waals surface area (Å²) in [7, 11) is 0. The molecule has 4 heterocycles. The maximum absolute atomic E-state index is 12.9. The van der Waals surface area contributed by atoms with Crippen molar-refractivity contribution < 1.29 is 23.4 Å². The molecule has 1 aliphatic heterocycles. The number of alkyl halides is 2. The highest BCUT2D eigenvalue weighted by Gasteiger charge is 2.26. The van der Waals surface area contributed by atoms with Crippen molar-refractivity contribution in [1.29, 1.82) is 0 Å². The Morgan fingerprint density at radius 3 is 2.69 bits per heavy atom. The van der Waals surface area contributed by atoms with Gasteiger partial charge in [0.15, 0.2) is 0 Å². The highest BCUT2D eigenvalue weighted by molar-refractivity contribution is 5.71. The molecule has 0 aliphatic carbocycles. The van der Waals surface area contributed by atoms with Gasteiger partial charge in [0, 0.05) is 60.5 Å². The number of ether oxygens (including phenoxy) is 1. The first kappa shape index (κ1) is 23.7. The third-order valence-electron chi connectivity index (χ3n) is 6.49. The smallest absolute Gasteiger partial charge is 0.387 e. The second kappa shape index (κ2) is 9.88. The zero-order chi connectivity index (χ0) is 25.2. The molecule has 0 bridgehead atoms. The predicted molar refractivity (Wildman–Crippen MR) is 129 cm³/mol. The van der Waals surface area contributed by atoms with E-state index in [9.17, 15) is 18.7 Å². The lowest BCUT2D eigenvalue weighted by Gasteiger charge is -2.30. The van der Waals surface area contributed by atoms with Crippen LogP contribution in [0.4, 0.5) is 14.7 Å². The minimum absolute atomic E-state index is 0.143. The molecule has 1 unspecified atom stereocenters. The van der Waals surface area contributed by atoms with Crippen LogP contribution in [-0.2, 0) is 11.2 Å². The Balaban J connectivity index is 1.42. The second-order valence-corrected chi connectivity index (χ2v) is 8.85. The van der Waals surface area contributed by atoms with Crippen LogP contribution in [0.25, 0.3) is 16.8 Å². The van der Waals surface area contributed by atoms with Crippen LogP contribution in [0.3, 0.4) is 0 Å². The average molecular weight is 494 g/mol. The van der Waals surface area contributed by atoms with Gasteiger partial charge in [-0.1, -0.05) is 18.2 Å². The number of rotatable bonds is 7. The molecule has 1 N–H and O–H groups in total. The Morgan fingerprint density at radius 1 is 1.17 bits per heavy atom. The zero-order valence-electron chi connectivity index (χ0n) is 19.6. The van der Waals surface area contributed by atoms with Crippen LogP contribution < -0.4 is 9.64 Å². The van der Waals surface area contributed by atoms with Crippen LogP contribution in [0.1, 0.15) is 29.8 Å². The molecule has 3 aromatic heterocycles. The monoisotopic (exact) mass is 493 g/mol. The average Bonchev–Trinajstić information content (AvgIpc) is 3.19. The molecule has 0 amide bonds. The van der Waals surface area contributed by atoms with Crippen LogP contribution in [-0.4, -0.2) is 50.1 Å². The summed E-state index contributed by atoms with van der Waals surface area (Å²) < 4.78 is 32.4. The van der Waals surface area contributed by atoms with Crippen molar-refractivity contribution in [3.8, 4) is 16.9 Å². The van der Waals surface area contributed by atoms with Gasteiger partial charge in [-0.25, -0.2) is 15.0 Å². The number of aliphatic carboxylic acids is 1. The van der Waals surface area contributed by atoms with Crippen molar-refractivity contribution in [2.75, 3.05) is 18.0 Å². The number of carbonyl (C=O) groups is 1. The van der Waals surface area contributed by atoms with Gasteiger partial charge in [-0.05, 0) is 38.0 Å².